The Balaban J connectivity index is 2.14. The van der Waals surface area contributed by atoms with E-state index in [1.807, 2.05) is 43.3 Å². The smallest absolute Gasteiger partial charge is 0.351 e. The standard InChI is InChI=1S/C18H19N3O3S/c1-12(17(22)21(3)11-7-10-19)24-18(23)16-15(20-13(2)25-16)14-8-5-4-6-9-14/h4-6,8-9,12H,7,11H2,1-3H3/t12-/m0/s1. The normalized spacial score (nSPS) is 11.4. The van der Waals surface area contributed by atoms with Gasteiger partial charge in [0.2, 0.25) is 0 Å². The third kappa shape index (κ3) is 4.64. The molecule has 0 bridgehead atoms. The molecule has 0 aliphatic carbocycles. The van der Waals surface area contributed by atoms with E-state index in [9.17, 15) is 9.59 Å². The molecular formula is C18H19N3O3S. The van der Waals surface area contributed by atoms with Crippen molar-refractivity contribution in [1.29, 1.82) is 5.26 Å². The fraction of sp³-hybridized carbons (Fsp3) is 0.333. The molecular weight excluding hydrogens is 338 g/mol. The highest BCUT2D eigenvalue weighted by Gasteiger charge is 2.25. The topological polar surface area (TPSA) is 83.3 Å². The Hall–Kier alpha value is -2.72. The largest absolute Gasteiger partial charge is 0.448 e. The average Bonchev–Trinajstić information content (AvgIpc) is 3.01. The van der Waals surface area contributed by atoms with Crippen molar-refractivity contribution in [3.8, 4) is 17.3 Å². The zero-order valence-corrected chi connectivity index (χ0v) is 15.2. The molecule has 0 N–H and O–H groups in total. The van der Waals surface area contributed by atoms with Gasteiger partial charge in [-0.2, -0.15) is 5.26 Å². The number of nitrogens with zero attached hydrogens (tertiary/aromatic N) is 3. The Labute approximate surface area is 150 Å². The number of aryl methyl sites for hydroxylation is 1. The summed E-state index contributed by atoms with van der Waals surface area (Å²) < 4.78 is 5.33. The zero-order valence-electron chi connectivity index (χ0n) is 14.4. The molecule has 1 aromatic carbocycles. The van der Waals surface area contributed by atoms with Crippen molar-refractivity contribution in [1.82, 2.24) is 9.88 Å². The summed E-state index contributed by atoms with van der Waals surface area (Å²) in [6.07, 6.45) is -0.697. The van der Waals surface area contributed by atoms with Crippen LogP contribution < -0.4 is 0 Å². The van der Waals surface area contributed by atoms with E-state index in [0.29, 0.717) is 17.1 Å². The van der Waals surface area contributed by atoms with Gasteiger partial charge in [0.25, 0.3) is 5.91 Å². The molecule has 0 fully saturated rings. The molecule has 1 atom stereocenters. The number of aromatic nitrogens is 1. The average molecular weight is 357 g/mol. The van der Waals surface area contributed by atoms with E-state index >= 15 is 0 Å². The van der Waals surface area contributed by atoms with Crippen molar-refractivity contribution in [3.63, 3.8) is 0 Å². The highest BCUT2D eigenvalue weighted by atomic mass is 32.1. The molecule has 25 heavy (non-hydrogen) atoms. The maximum absolute atomic E-state index is 12.5. The van der Waals surface area contributed by atoms with Gasteiger partial charge in [0, 0.05) is 19.2 Å². The number of carbonyl (C=O) groups excluding carboxylic acids is 2. The van der Waals surface area contributed by atoms with Gasteiger partial charge in [-0.1, -0.05) is 30.3 Å². The molecule has 0 saturated carbocycles. The minimum Gasteiger partial charge on any atom is -0.448 e. The first kappa shape index (κ1) is 18.6. The number of hydrogen-bond acceptors (Lipinski definition) is 6. The summed E-state index contributed by atoms with van der Waals surface area (Å²) >= 11 is 1.24. The summed E-state index contributed by atoms with van der Waals surface area (Å²) in [7, 11) is 1.58. The Morgan fingerprint density at radius 2 is 2.04 bits per heavy atom. The van der Waals surface area contributed by atoms with Crippen molar-refractivity contribution in [2.75, 3.05) is 13.6 Å². The summed E-state index contributed by atoms with van der Waals surface area (Å²) in [6, 6.07) is 11.3. The number of rotatable bonds is 6. The molecule has 0 aliphatic rings. The van der Waals surface area contributed by atoms with Crippen LogP contribution in [0.2, 0.25) is 0 Å². The fourth-order valence-corrected chi connectivity index (χ4v) is 3.08. The number of benzene rings is 1. The van der Waals surface area contributed by atoms with Crippen molar-refractivity contribution in [2.45, 2.75) is 26.4 Å². The van der Waals surface area contributed by atoms with E-state index in [1.165, 1.54) is 23.2 Å². The van der Waals surface area contributed by atoms with Crippen LogP contribution in [0, 0.1) is 18.3 Å². The van der Waals surface area contributed by atoms with E-state index in [-0.39, 0.29) is 12.3 Å². The summed E-state index contributed by atoms with van der Waals surface area (Å²) in [5, 5.41) is 9.34. The number of ether oxygens (including phenoxy) is 1. The molecule has 1 amide bonds. The maximum Gasteiger partial charge on any atom is 0.351 e. The summed E-state index contributed by atoms with van der Waals surface area (Å²) in [6.45, 7) is 3.64. The number of amides is 1. The molecule has 0 unspecified atom stereocenters. The summed E-state index contributed by atoms with van der Waals surface area (Å²) in [4.78, 5) is 30.9. The first-order valence-electron chi connectivity index (χ1n) is 7.79. The van der Waals surface area contributed by atoms with E-state index in [1.54, 1.807) is 7.05 Å². The van der Waals surface area contributed by atoms with Crippen LogP contribution in [-0.4, -0.2) is 41.5 Å². The molecule has 6 nitrogen and oxygen atoms in total. The van der Waals surface area contributed by atoms with E-state index in [0.717, 1.165) is 10.6 Å². The predicted molar refractivity (Wildman–Crippen MR) is 95.0 cm³/mol. The molecule has 0 radical (unpaired) electrons. The van der Waals surface area contributed by atoms with Gasteiger partial charge in [-0.05, 0) is 13.8 Å². The maximum atomic E-state index is 12.5. The third-order valence-electron chi connectivity index (χ3n) is 3.53. The van der Waals surface area contributed by atoms with E-state index < -0.39 is 12.1 Å². The summed E-state index contributed by atoms with van der Waals surface area (Å²) in [5.74, 6) is -0.912. The minimum absolute atomic E-state index is 0.231. The number of carbonyl (C=O) groups is 2. The lowest BCUT2D eigenvalue weighted by atomic mass is 10.1. The number of esters is 1. The van der Waals surface area contributed by atoms with Crippen molar-refractivity contribution in [2.24, 2.45) is 0 Å². The van der Waals surface area contributed by atoms with Crippen LogP contribution in [0.25, 0.3) is 11.3 Å². The van der Waals surface area contributed by atoms with Crippen LogP contribution in [0.1, 0.15) is 28.0 Å². The quantitative estimate of drug-likeness (QED) is 0.742. The fourth-order valence-electron chi connectivity index (χ4n) is 2.26. The lowest BCUT2D eigenvalue weighted by molar-refractivity contribution is -0.138. The second kappa shape index (κ2) is 8.40. The van der Waals surface area contributed by atoms with Gasteiger partial charge in [0.1, 0.15) is 4.88 Å². The molecule has 1 aromatic heterocycles. The van der Waals surface area contributed by atoms with Gasteiger partial charge in [-0.25, -0.2) is 9.78 Å². The molecule has 2 aromatic rings. The van der Waals surface area contributed by atoms with Crippen LogP contribution in [0.4, 0.5) is 0 Å². The van der Waals surface area contributed by atoms with Crippen LogP contribution in [0.3, 0.4) is 0 Å². The molecule has 2 rings (SSSR count). The van der Waals surface area contributed by atoms with Gasteiger partial charge in [0.05, 0.1) is 23.2 Å². The van der Waals surface area contributed by atoms with Gasteiger partial charge in [0.15, 0.2) is 6.10 Å². The number of likely N-dealkylation sites (N-methyl/N-ethyl adjacent to an activating group) is 1. The van der Waals surface area contributed by atoms with Crippen molar-refractivity contribution in [3.05, 3.63) is 40.2 Å². The van der Waals surface area contributed by atoms with Crippen LogP contribution in [0.15, 0.2) is 30.3 Å². The highest BCUT2D eigenvalue weighted by Crippen LogP contribution is 2.28. The molecule has 0 spiro atoms. The first-order valence-corrected chi connectivity index (χ1v) is 8.61. The Morgan fingerprint density at radius 3 is 2.68 bits per heavy atom. The van der Waals surface area contributed by atoms with E-state index in [2.05, 4.69) is 4.98 Å². The zero-order chi connectivity index (χ0) is 18.4. The molecule has 7 heteroatoms. The van der Waals surface area contributed by atoms with Gasteiger partial charge in [-0.3, -0.25) is 4.79 Å². The lowest BCUT2D eigenvalue weighted by Crippen LogP contribution is -2.37. The summed E-state index contributed by atoms with van der Waals surface area (Å²) in [5.41, 5.74) is 1.38. The molecule has 0 aliphatic heterocycles. The third-order valence-corrected chi connectivity index (χ3v) is 4.48. The molecule has 130 valence electrons. The monoisotopic (exact) mass is 357 g/mol. The minimum atomic E-state index is -0.928. The first-order chi connectivity index (χ1) is 11.9. The number of hydrogen-bond donors (Lipinski definition) is 0. The van der Waals surface area contributed by atoms with Gasteiger partial charge in [-0.15, -0.1) is 11.3 Å². The predicted octanol–water partition coefficient (Wildman–Crippen LogP) is 3.04. The Kier molecular flexibility index (Phi) is 6.25. The van der Waals surface area contributed by atoms with Crippen LogP contribution >= 0.6 is 11.3 Å². The van der Waals surface area contributed by atoms with E-state index in [4.69, 9.17) is 10.00 Å². The van der Waals surface area contributed by atoms with Gasteiger partial charge >= 0.3 is 5.97 Å². The van der Waals surface area contributed by atoms with Crippen molar-refractivity contribution >= 4 is 23.2 Å². The van der Waals surface area contributed by atoms with Crippen LogP contribution in [0.5, 0.6) is 0 Å². The Bertz CT molecular complexity index is 796. The number of nitriles is 1. The highest BCUT2D eigenvalue weighted by molar-refractivity contribution is 7.14. The Morgan fingerprint density at radius 1 is 1.36 bits per heavy atom. The van der Waals surface area contributed by atoms with Crippen LogP contribution in [-0.2, 0) is 9.53 Å². The van der Waals surface area contributed by atoms with Gasteiger partial charge < -0.3 is 9.64 Å². The lowest BCUT2D eigenvalue weighted by Gasteiger charge is -2.20. The SMILES string of the molecule is Cc1nc(-c2ccccc2)c(C(=O)O[C@@H](C)C(=O)N(C)CCC#N)s1. The molecule has 0 saturated heterocycles. The molecule has 1 heterocycles. The van der Waals surface area contributed by atoms with Crippen molar-refractivity contribution < 1.29 is 14.3 Å². The second-order valence-electron chi connectivity index (χ2n) is 5.49. The second-order valence-corrected chi connectivity index (χ2v) is 6.70. The number of thiazole rings is 1.